The van der Waals surface area contributed by atoms with Gasteiger partial charge in [-0.1, -0.05) is 30.4 Å². The molecule has 0 fully saturated rings. The minimum atomic E-state index is 0.429. The minimum Gasteiger partial charge on any atom is -0.305 e. The molecule has 0 saturated heterocycles. The van der Waals surface area contributed by atoms with E-state index in [0.717, 1.165) is 6.54 Å². The van der Waals surface area contributed by atoms with Gasteiger partial charge < -0.3 is 5.01 Å². The van der Waals surface area contributed by atoms with Crippen molar-refractivity contribution in [3.8, 4) is 0 Å². The summed E-state index contributed by atoms with van der Waals surface area (Å²) < 4.78 is 0. The Morgan fingerprint density at radius 2 is 2.10 bits per heavy atom. The molecule has 1 aliphatic carbocycles. The van der Waals surface area contributed by atoms with Gasteiger partial charge in [0.15, 0.2) is 0 Å². The van der Waals surface area contributed by atoms with Crippen LogP contribution in [0, 0.1) is 0 Å². The Kier molecular flexibility index (Phi) is 1.32. The lowest BCUT2D eigenvalue weighted by atomic mass is 10.3. The Hall–Kier alpha value is -1.02. The lowest BCUT2D eigenvalue weighted by Gasteiger charge is -2.20. The Balaban J connectivity index is 2.05. The van der Waals surface area contributed by atoms with Gasteiger partial charge in [-0.3, -0.25) is 0 Å². The second-order valence-electron chi connectivity index (χ2n) is 2.41. The van der Waals surface area contributed by atoms with E-state index in [4.69, 9.17) is 0 Å². The number of hydrogen-bond acceptors (Lipinski definition) is 2. The number of nitrogens with one attached hydrogen (secondary N) is 1. The van der Waals surface area contributed by atoms with Gasteiger partial charge in [-0.15, -0.1) is 0 Å². The second kappa shape index (κ2) is 2.31. The lowest BCUT2D eigenvalue weighted by Crippen LogP contribution is -2.35. The van der Waals surface area contributed by atoms with Gasteiger partial charge in [-0.2, -0.15) is 0 Å². The van der Waals surface area contributed by atoms with Crippen LogP contribution in [0.15, 0.2) is 36.6 Å². The van der Waals surface area contributed by atoms with Crippen LogP contribution < -0.4 is 5.43 Å². The molecule has 0 amide bonds. The van der Waals surface area contributed by atoms with Gasteiger partial charge in [0.1, 0.15) is 0 Å². The van der Waals surface area contributed by atoms with E-state index in [0.29, 0.717) is 6.04 Å². The number of rotatable bonds is 1. The Labute approximate surface area is 60.5 Å². The molecule has 0 spiro atoms. The van der Waals surface area contributed by atoms with Crippen molar-refractivity contribution in [2.75, 3.05) is 6.54 Å². The van der Waals surface area contributed by atoms with Crippen LogP contribution in [0.2, 0.25) is 0 Å². The molecule has 0 bridgehead atoms. The average molecular weight is 134 g/mol. The zero-order valence-corrected chi connectivity index (χ0v) is 5.70. The summed E-state index contributed by atoms with van der Waals surface area (Å²) in [6, 6.07) is 0.429. The molecule has 2 heteroatoms. The molecule has 10 heavy (non-hydrogen) atoms. The first-order valence-electron chi connectivity index (χ1n) is 3.50. The molecule has 0 aromatic carbocycles. The van der Waals surface area contributed by atoms with E-state index >= 15 is 0 Å². The molecule has 1 N–H and O–H groups in total. The predicted octanol–water partition coefficient (Wildman–Crippen LogP) is 0.815. The normalized spacial score (nSPS) is 23.4. The van der Waals surface area contributed by atoms with Crippen molar-refractivity contribution in [1.82, 2.24) is 10.4 Å². The van der Waals surface area contributed by atoms with Crippen LogP contribution in [-0.4, -0.2) is 17.6 Å². The molecule has 1 heterocycles. The molecule has 52 valence electrons. The molecule has 2 nitrogen and oxygen atoms in total. The molecule has 0 aromatic heterocycles. The fraction of sp³-hybridized carbons (Fsp3) is 0.250. The van der Waals surface area contributed by atoms with Gasteiger partial charge in [-0.25, -0.2) is 5.43 Å². The zero-order valence-electron chi connectivity index (χ0n) is 5.70. The second-order valence-corrected chi connectivity index (χ2v) is 2.41. The van der Waals surface area contributed by atoms with E-state index in [1.165, 1.54) is 0 Å². The number of hydrazine groups is 1. The maximum Gasteiger partial charge on any atom is 0.0815 e. The highest BCUT2D eigenvalue weighted by Crippen LogP contribution is 2.09. The first-order chi connectivity index (χ1) is 4.97. The third-order valence-corrected chi connectivity index (χ3v) is 1.71. The molecule has 2 aliphatic rings. The Morgan fingerprint density at radius 1 is 1.30 bits per heavy atom. The number of hydrogen-bond donors (Lipinski definition) is 1. The van der Waals surface area contributed by atoms with Crippen molar-refractivity contribution in [3.63, 3.8) is 0 Å². The largest absolute Gasteiger partial charge is 0.305 e. The van der Waals surface area contributed by atoms with E-state index in [9.17, 15) is 0 Å². The van der Waals surface area contributed by atoms with Crippen LogP contribution in [-0.2, 0) is 0 Å². The smallest absolute Gasteiger partial charge is 0.0815 e. The quantitative estimate of drug-likeness (QED) is 0.571. The van der Waals surface area contributed by atoms with Crippen molar-refractivity contribution in [3.05, 3.63) is 36.6 Å². The summed E-state index contributed by atoms with van der Waals surface area (Å²) in [6.45, 7) is 0.957. The molecule has 0 atom stereocenters. The molecule has 2 rings (SSSR count). The van der Waals surface area contributed by atoms with E-state index < -0.39 is 0 Å². The standard InChI is InChI=1S/C8H10N2/c1-2-5-8(4-1)10-7-3-6-9-10/h1-5,7-9H,6H2. The van der Waals surface area contributed by atoms with Crippen LogP contribution in [0.3, 0.4) is 0 Å². The van der Waals surface area contributed by atoms with E-state index in [1.807, 2.05) is 0 Å². The molecule has 0 saturated carbocycles. The fourth-order valence-electron chi connectivity index (χ4n) is 1.19. The highest BCUT2D eigenvalue weighted by molar-refractivity contribution is 5.22. The van der Waals surface area contributed by atoms with Crippen LogP contribution in [0.25, 0.3) is 0 Å². The lowest BCUT2D eigenvalue weighted by molar-refractivity contribution is 0.293. The first kappa shape index (κ1) is 5.74. The van der Waals surface area contributed by atoms with Gasteiger partial charge >= 0.3 is 0 Å². The van der Waals surface area contributed by atoms with Crippen LogP contribution in [0.1, 0.15) is 0 Å². The van der Waals surface area contributed by atoms with Gasteiger partial charge in [0, 0.05) is 12.7 Å². The summed E-state index contributed by atoms with van der Waals surface area (Å²) in [5, 5.41) is 2.10. The van der Waals surface area contributed by atoms with Crippen LogP contribution in [0.4, 0.5) is 0 Å². The average Bonchev–Trinajstić information content (AvgIpc) is 2.59. The van der Waals surface area contributed by atoms with Crippen molar-refractivity contribution in [2.24, 2.45) is 0 Å². The van der Waals surface area contributed by atoms with Gasteiger partial charge in [0.05, 0.1) is 6.04 Å². The summed E-state index contributed by atoms with van der Waals surface area (Å²) in [4.78, 5) is 0. The summed E-state index contributed by atoms with van der Waals surface area (Å²) >= 11 is 0. The third kappa shape index (κ3) is 0.866. The first-order valence-corrected chi connectivity index (χ1v) is 3.50. The van der Waals surface area contributed by atoms with E-state index in [2.05, 4.69) is 47.0 Å². The summed E-state index contributed by atoms with van der Waals surface area (Å²) in [6.07, 6.45) is 12.6. The third-order valence-electron chi connectivity index (χ3n) is 1.71. The van der Waals surface area contributed by atoms with Crippen molar-refractivity contribution in [2.45, 2.75) is 6.04 Å². The highest BCUT2D eigenvalue weighted by atomic mass is 15.5. The molecule has 0 unspecified atom stereocenters. The van der Waals surface area contributed by atoms with Crippen molar-refractivity contribution >= 4 is 0 Å². The summed E-state index contributed by atoms with van der Waals surface area (Å²) in [5.41, 5.74) is 3.22. The Morgan fingerprint density at radius 3 is 2.70 bits per heavy atom. The summed E-state index contributed by atoms with van der Waals surface area (Å²) in [5.74, 6) is 0. The van der Waals surface area contributed by atoms with Gasteiger partial charge in [0.25, 0.3) is 0 Å². The number of nitrogens with zero attached hydrogens (tertiary/aromatic N) is 1. The molecule has 0 radical (unpaired) electrons. The maximum absolute atomic E-state index is 3.22. The van der Waals surface area contributed by atoms with Gasteiger partial charge in [-0.05, 0) is 0 Å². The van der Waals surface area contributed by atoms with E-state index in [1.54, 1.807) is 0 Å². The molecular weight excluding hydrogens is 124 g/mol. The molecule has 1 aliphatic heterocycles. The minimum absolute atomic E-state index is 0.429. The van der Waals surface area contributed by atoms with Crippen LogP contribution in [0.5, 0.6) is 0 Å². The molecular formula is C8H10N2. The van der Waals surface area contributed by atoms with Crippen molar-refractivity contribution < 1.29 is 0 Å². The maximum atomic E-state index is 3.22. The topological polar surface area (TPSA) is 15.3 Å². The van der Waals surface area contributed by atoms with E-state index in [-0.39, 0.29) is 0 Å². The summed E-state index contributed by atoms with van der Waals surface area (Å²) in [7, 11) is 0. The highest BCUT2D eigenvalue weighted by Gasteiger charge is 2.12. The monoisotopic (exact) mass is 134 g/mol. The molecule has 0 aromatic rings. The SMILES string of the molecule is C1=CC(N2C=CCN2)C=C1. The zero-order chi connectivity index (χ0) is 6.81. The number of allylic oxidation sites excluding steroid dienone is 2. The Bertz CT molecular complexity index is 191. The van der Waals surface area contributed by atoms with Gasteiger partial charge in [0.2, 0.25) is 0 Å². The van der Waals surface area contributed by atoms with Crippen LogP contribution >= 0.6 is 0 Å². The predicted molar refractivity (Wildman–Crippen MR) is 41.0 cm³/mol. The van der Waals surface area contributed by atoms with Crippen molar-refractivity contribution in [1.29, 1.82) is 0 Å². The fourth-order valence-corrected chi connectivity index (χ4v) is 1.19.